The van der Waals surface area contributed by atoms with Crippen LogP contribution in [0.5, 0.6) is 0 Å². The fraction of sp³-hybridized carbons (Fsp3) is 0.389. The van der Waals surface area contributed by atoms with Crippen molar-refractivity contribution in [3.05, 3.63) is 47.5 Å². The molecule has 1 aliphatic heterocycles. The van der Waals surface area contributed by atoms with Crippen LogP contribution < -0.4 is 5.32 Å². The second kappa shape index (κ2) is 7.61. The van der Waals surface area contributed by atoms with Crippen LogP contribution in [0.3, 0.4) is 0 Å². The molecule has 1 aromatic carbocycles. The van der Waals surface area contributed by atoms with Crippen LogP contribution >= 0.6 is 0 Å². The van der Waals surface area contributed by atoms with Gasteiger partial charge in [0.15, 0.2) is 0 Å². The summed E-state index contributed by atoms with van der Waals surface area (Å²) in [5.74, 6) is -1.71. The van der Waals surface area contributed by atoms with E-state index < -0.39 is 36.4 Å². The predicted octanol–water partition coefficient (Wildman–Crippen LogP) is 2.60. The molecule has 1 aromatic heterocycles. The van der Waals surface area contributed by atoms with Crippen LogP contribution in [0.15, 0.2) is 30.5 Å². The van der Waals surface area contributed by atoms with Gasteiger partial charge in [-0.2, -0.15) is 18.3 Å². The smallest absolute Gasteiger partial charge is 0.345 e. The fourth-order valence-electron chi connectivity index (χ4n) is 3.20. The van der Waals surface area contributed by atoms with Crippen LogP contribution in [-0.2, 0) is 4.79 Å². The maximum absolute atomic E-state index is 13.1. The van der Waals surface area contributed by atoms with Crippen molar-refractivity contribution in [2.75, 3.05) is 13.1 Å². The molecule has 1 saturated heterocycles. The summed E-state index contributed by atoms with van der Waals surface area (Å²) in [4.78, 5) is 26.3. The third kappa shape index (κ3) is 4.15. The van der Waals surface area contributed by atoms with Gasteiger partial charge in [0.25, 0.3) is 5.91 Å². The number of aromatic nitrogens is 2. The Labute approximate surface area is 158 Å². The zero-order chi connectivity index (χ0) is 20.5. The quantitative estimate of drug-likeness (QED) is 0.806. The summed E-state index contributed by atoms with van der Waals surface area (Å²) in [6.45, 7) is 0.481. The molecule has 1 unspecified atom stereocenters. The van der Waals surface area contributed by atoms with E-state index in [0.717, 1.165) is 0 Å². The number of alkyl halides is 3. The highest BCUT2D eigenvalue weighted by molar-refractivity contribution is 5.98. The molecule has 1 N–H and O–H groups in total. The van der Waals surface area contributed by atoms with Crippen molar-refractivity contribution in [3.8, 4) is 5.69 Å². The Morgan fingerprint density at radius 3 is 2.57 bits per heavy atom. The van der Waals surface area contributed by atoms with E-state index in [9.17, 15) is 27.2 Å². The highest BCUT2D eigenvalue weighted by atomic mass is 19.4. The summed E-state index contributed by atoms with van der Waals surface area (Å²) in [6.07, 6.45) is -2.37. The van der Waals surface area contributed by atoms with E-state index in [4.69, 9.17) is 0 Å². The normalized spacial score (nSPS) is 17.0. The molecule has 2 amide bonds. The van der Waals surface area contributed by atoms with Crippen LogP contribution in [0.25, 0.3) is 5.69 Å². The zero-order valence-electron chi connectivity index (χ0n) is 15.0. The molecule has 150 valence electrons. The molecule has 0 radical (unpaired) electrons. The van der Waals surface area contributed by atoms with Gasteiger partial charge in [-0.25, -0.2) is 9.07 Å². The molecule has 10 heteroatoms. The summed E-state index contributed by atoms with van der Waals surface area (Å²) in [5.41, 5.74) is 1.27. The molecule has 6 nitrogen and oxygen atoms in total. The summed E-state index contributed by atoms with van der Waals surface area (Å²) in [7, 11) is 0. The molecular formula is C18H18F4N4O2. The summed E-state index contributed by atoms with van der Waals surface area (Å²) in [6, 6.07) is 4.59. The van der Waals surface area contributed by atoms with Crippen molar-refractivity contribution in [1.29, 1.82) is 0 Å². The highest BCUT2D eigenvalue weighted by Gasteiger charge is 2.37. The molecule has 3 rings (SSSR count). The molecule has 0 saturated carbocycles. The van der Waals surface area contributed by atoms with Crippen LogP contribution in [0.4, 0.5) is 17.6 Å². The lowest BCUT2D eigenvalue weighted by molar-refractivity contribution is -0.140. The second-order valence-corrected chi connectivity index (χ2v) is 6.52. The molecule has 1 aliphatic rings. The van der Waals surface area contributed by atoms with Crippen molar-refractivity contribution >= 4 is 11.8 Å². The van der Waals surface area contributed by atoms with Gasteiger partial charge in [-0.15, -0.1) is 0 Å². The number of carbonyl (C=O) groups is 2. The molecule has 2 aromatic rings. The number of amides is 2. The number of halogens is 4. The largest absolute Gasteiger partial charge is 0.405 e. The Kier molecular flexibility index (Phi) is 5.39. The summed E-state index contributed by atoms with van der Waals surface area (Å²) < 4.78 is 51.6. The van der Waals surface area contributed by atoms with Gasteiger partial charge >= 0.3 is 6.18 Å². The Hall–Kier alpha value is -2.91. The second-order valence-electron chi connectivity index (χ2n) is 6.52. The summed E-state index contributed by atoms with van der Waals surface area (Å²) >= 11 is 0. The maximum atomic E-state index is 13.1. The van der Waals surface area contributed by atoms with Crippen molar-refractivity contribution in [2.24, 2.45) is 0 Å². The Morgan fingerprint density at radius 1 is 1.25 bits per heavy atom. The number of hydrogen-bond donors (Lipinski definition) is 1. The zero-order valence-corrected chi connectivity index (χ0v) is 15.0. The monoisotopic (exact) mass is 398 g/mol. The fourth-order valence-corrected chi connectivity index (χ4v) is 3.20. The lowest BCUT2D eigenvalue weighted by atomic mass is 10.1. The number of nitrogens with zero attached hydrogens (tertiary/aromatic N) is 3. The first-order valence-electron chi connectivity index (χ1n) is 8.63. The van der Waals surface area contributed by atoms with E-state index >= 15 is 0 Å². The van der Waals surface area contributed by atoms with E-state index in [-0.39, 0.29) is 12.1 Å². The first kappa shape index (κ1) is 19.8. The lowest BCUT2D eigenvalue weighted by Gasteiger charge is -2.24. The van der Waals surface area contributed by atoms with Crippen LogP contribution in [0, 0.1) is 12.7 Å². The molecule has 2 heterocycles. The van der Waals surface area contributed by atoms with Gasteiger partial charge < -0.3 is 10.2 Å². The van der Waals surface area contributed by atoms with Crippen LogP contribution in [-0.4, -0.2) is 51.8 Å². The maximum Gasteiger partial charge on any atom is 0.405 e. The topological polar surface area (TPSA) is 67.2 Å². The third-order valence-corrected chi connectivity index (χ3v) is 4.59. The number of nitrogens with one attached hydrogen (secondary N) is 1. The Balaban J connectivity index is 1.78. The van der Waals surface area contributed by atoms with Gasteiger partial charge in [0.05, 0.1) is 23.1 Å². The van der Waals surface area contributed by atoms with Gasteiger partial charge in [-0.1, -0.05) is 0 Å². The number of carbonyl (C=O) groups excluding carboxylic acids is 2. The molecule has 1 atom stereocenters. The molecule has 0 spiro atoms. The van der Waals surface area contributed by atoms with E-state index in [0.29, 0.717) is 24.2 Å². The van der Waals surface area contributed by atoms with E-state index in [1.54, 1.807) is 6.92 Å². The van der Waals surface area contributed by atoms with Gasteiger partial charge in [0, 0.05) is 6.54 Å². The minimum Gasteiger partial charge on any atom is -0.345 e. The number of benzene rings is 1. The average Bonchev–Trinajstić information content (AvgIpc) is 3.26. The third-order valence-electron chi connectivity index (χ3n) is 4.59. The molecule has 1 fully saturated rings. The first-order valence-corrected chi connectivity index (χ1v) is 8.63. The van der Waals surface area contributed by atoms with Crippen molar-refractivity contribution in [3.63, 3.8) is 0 Å². The van der Waals surface area contributed by atoms with Gasteiger partial charge in [-0.3, -0.25) is 9.59 Å². The first-order chi connectivity index (χ1) is 13.2. The average molecular weight is 398 g/mol. The standard InChI is InChI=1S/C18H18F4N4O2/c1-11-14(9-24-26(11)13-6-4-12(19)5-7-13)17(28)25-8-2-3-15(25)16(27)23-10-18(20,21)22/h4-7,9,15H,2-3,8,10H2,1H3,(H,23,27). The minimum atomic E-state index is -4.52. The number of likely N-dealkylation sites (tertiary alicyclic amines) is 1. The van der Waals surface area contributed by atoms with Crippen molar-refractivity contribution in [2.45, 2.75) is 32.0 Å². The Bertz CT molecular complexity index is 877. The predicted molar refractivity (Wildman–Crippen MR) is 91.4 cm³/mol. The van der Waals surface area contributed by atoms with E-state index in [1.165, 1.54) is 40.0 Å². The molecule has 0 bridgehead atoms. The molecular weight excluding hydrogens is 380 g/mol. The van der Waals surface area contributed by atoms with Crippen molar-refractivity contribution < 1.29 is 27.2 Å². The van der Waals surface area contributed by atoms with Gasteiger partial charge in [0.2, 0.25) is 5.91 Å². The minimum absolute atomic E-state index is 0.236. The molecule has 0 aliphatic carbocycles. The lowest BCUT2D eigenvalue weighted by Crippen LogP contribution is -2.48. The van der Waals surface area contributed by atoms with Gasteiger partial charge in [-0.05, 0) is 44.0 Å². The highest BCUT2D eigenvalue weighted by Crippen LogP contribution is 2.23. The van der Waals surface area contributed by atoms with E-state index in [1.807, 2.05) is 5.32 Å². The SMILES string of the molecule is Cc1c(C(=O)N2CCCC2C(=O)NCC(F)(F)F)cnn1-c1ccc(F)cc1. The summed E-state index contributed by atoms with van der Waals surface area (Å²) in [5, 5.41) is 5.98. The van der Waals surface area contributed by atoms with Crippen LogP contribution in [0.2, 0.25) is 0 Å². The van der Waals surface area contributed by atoms with Crippen molar-refractivity contribution in [1.82, 2.24) is 20.0 Å². The molecule has 28 heavy (non-hydrogen) atoms. The Morgan fingerprint density at radius 2 is 1.93 bits per heavy atom. The number of rotatable bonds is 4. The van der Waals surface area contributed by atoms with E-state index in [2.05, 4.69) is 5.10 Å². The van der Waals surface area contributed by atoms with Crippen LogP contribution in [0.1, 0.15) is 28.9 Å². The number of hydrogen-bond acceptors (Lipinski definition) is 3. The van der Waals surface area contributed by atoms with Gasteiger partial charge in [0.1, 0.15) is 18.4 Å².